The van der Waals surface area contributed by atoms with Crippen molar-refractivity contribution in [2.24, 2.45) is 0 Å². The van der Waals surface area contributed by atoms with Gasteiger partial charge in [-0.05, 0) is 30.7 Å². The van der Waals surface area contributed by atoms with E-state index >= 15 is 0 Å². The van der Waals surface area contributed by atoms with Crippen LogP contribution in [0, 0.1) is 6.92 Å². The molecule has 6 nitrogen and oxygen atoms in total. The van der Waals surface area contributed by atoms with Gasteiger partial charge in [-0.25, -0.2) is 0 Å². The van der Waals surface area contributed by atoms with Gasteiger partial charge in [0.1, 0.15) is 0 Å². The maximum atomic E-state index is 11.8. The Morgan fingerprint density at radius 3 is 2.48 bits per heavy atom. The van der Waals surface area contributed by atoms with Crippen LogP contribution in [-0.2, 0) is 19.0 Å². The molecule has 1 rings (SSSR count). The smallest absolute Gasteiger partial charge is 0.226 e. The second kappa shape index (κ2) is 10.1. The van der Waals surface area contributed by atoms with Gasteiger partial charge in [-0.15, -0.1) is 0 Å². The predicted molar refractivity (Wildman–Crippen MR) is 82.4 cm³/mol. The summed E-state index contributed by atoms with van der Waals surface area (Å²) in [5, 5.41) is 2.83. The summed E-state index contributed by atoms with van der Waals surface area (Å²) >= 11 is 0. The lowest BCUT2D eigenvalue weighted by Crippen LogP contribution is -2.16. The van der Waals surface area contributed by atoms with Crippen LogP contribution in [0.25, 0.3) is 0 Å². The van der Waals surface area contributed by atoms with E-state index in [-0.39, 0.29) is 5.91 Å². The van der Waals surface area contributed by atoms with E-state index in [1.807, 2.05) is 13.0 Å². The van der Waals surface area contributed by atoms with Crippen molar-refractivity contribution in [2.45, 2.75) is 13.3 Å². The summed E-state index contributed by atoms with van der Waals surface area (Å²) in [4.78, 5) is 11.8. The average Bonchev–Trinajstić information content (AvgIpc) is 2.45. The number of nitrogens with one attached hydrogen (secondary N) is 1. The Bertz CT molecular complexity index is 438. The van der Waals surface area contributed by atoms with Crippen LogP contribution in [0.2, 0.25) is 0 Å². The zero-order valence-corrected chi connectivity index (χ0v) is 12.7. The zero-order chi connectivity index (χ0) is 15.5. The topological polar surface area (TPSA) is 82.8 Å². The summed E-state index contributed by atoms with van der Waals surface area (Å²) in [6, 6.07) is 5.38. The summed E-state index contributed by atoms with van der Waals surface area (Å²) in [5.41, 5.74) is 8.06. The summed E-state index contributed by atoms with van der Waals surface area (Å²) in [6.45, 7) is 4.37. The summed E-state index contributed by atoms with van der Waals surface area (Å²) in [7, 11) is 1.63. The lowest BCUT2D eigenvalue weighted by molar-refractivity contribution is -0.117. The number of carbonyl (C=O) groups excluding carboxylic acids is 1. The fraction of sp³-hybridized carbons (Fsp3) is 0.533. The van der Waals surface area contributed by atoms with Crippen LogP contribution >= 0.6 is 0 Å². The predicted octanol–water partition coefficient (Wildman–Crippen LogP) is 1.59. The molecule has 0 unspecified atom stereocenters. The normalized spacial score (nSPS) is 10.6. The van der Waals surface area contributed by atoms with Gasteiger partial charge in [0, 0.05) is 18.5 Å². The summed E-state index contributed by atoms with van der Waals surface area (Å²) < 4.78 is 15.4. The van der Waals surface area contributed by atoms with Gasteiger partial charge in [0.25, 0.3) is 0 Å². The maximum Gasteiger partial charge on any atom is 0.226 e. The van der Waals surface area contributed by atoms with Crippen LogP contribution < -0.4 is 11.1 Å². The highest BCUT2D eigenvalue weighted by molar-refractivity contribution is 5.91. The quantitative estimate of drug-likeness (QED) is 0.506. The number of hydrogen-bond acceptors (Lipinski definition) is 5. The number of benzene rings is 1. The fourth-order valence-corrected chi connectivity index (χ4v) is 1.67. The minimum atomic E-state index is -0.0804. The molecule has 0 bridgehead atoms. The SMILES string of the molecule is COCCOCCOCCC(=O)Nc1ccc(N)cc1C. The number of anilines is 2. The molecule has 6 heteroatoms. The van der Waals surface area contributed by atoms with Crippen LogP contribution in [0.5, 0.6) is 0 Å². The zero-order valence-electron chi connectivity index (χ0n) is 12.7. The van der Waals surface area contributed by atoms with Crippen LogP contribution in [0.15, 0.2) is 18.2 Å². The Hall–Kier alpha value is -1.63. The summed E-state index contributed by atoms with van der Waals surface area (Å²) in [6.07, 6.45) is 0.307. The number of methoxy groups -OCH3 is 1. The van der Waals surface area contributed by atoms with E-state index in [9.17, 15) is 4.79 Å². The van der Waals surface area contributed by atoms with Gasteiger partial charge in [0.05, 0.1) is 39.5 Å². The maximum absolute atomic E-state index is 11.8. The Morgan fingerprint density at radius 1 is 1.14 bits per heavy atom. The van der Waals surface area contributed by atoms with Crippen LogP contribution in [0.3, 0.4) is 0 Å². The van der Waals surface area contributed by atoms with E-state index in [1.165, 1.54) is 0 Å². The molecular formula is C15H24N2O4. The molecule has 1 aromatic rings. The van der Waals surface area contributed by atoms with E-state index in [0.29, 0.717) is 45.1 Å². The molecule has 0 heterocycles. The molecule has 0 saturated carbocycles. The molecule has 1 amide bonds. The Labute approximate surface area is 125 Å². The highest BCUT2D eigenvalue weighted by Crippen LogP contribution is 2.17. The van der Waals surface area contributed by atoms with Gasteiger partial charge in [0.2, 0.25) is 5.91 Å². The van der Waals surface area contributed by atoms with E-state index < -0.39 is 0 Å². The molecule has 118 valence electrons. The molecule has 0 atom stereocenters. The van der Waals surface area contributed by atoms with Gasteiger partial charge in [-0.3, -0.25) is 4.79 Å². The standard InChI is InChI=1S/C15H24N2O4/c1-12-11-13(16)3-4-14(12)17-15(18)5-6-20-9-10-21-8-7-19-2/h3-4,11H,5-10,16H2,1-2H3,(H,17,18). The minimum absolute atomic E-state index is 0.0804. The van der Waals surface area contributed by atoms with E-state index in [0.717, 1.165) is 11.3 Å². The first kappa shape index (κ1) is 17.4. The van der Waals surface area contributed by atoms with Crippen LogP contribution in [-0.4, -0.2) is 46.1 Å². The van der Waals surface area contributed by atoms with E-state index in [4.69, 9.17) is 19.9 Å². The van der Waals surface area contributed by atoms with Gasteiger partial charge in [0.15, 0.2) is 0 Å². The number of rotatable bonds is 10. The lowest BCUT2D eigenvalue weighted by Gasteiger charge is -2.09. The molecular weight excluding hydrogens is 272 g/mol. The van der Waals surface area contributed by atoms with Crippen molar-refractivity contribution in [3.05, 3.63) is 23.8 Å². The average molecular weight is 296 g/mol. The monoisotopic (exact) mass is 296 g/mol. The molecule has 21 heavy (non-hydrogen) atoms. The molecule has 0 aliphatic heterocycles. The van der Waals surface area contributed by atoms with Crippen molar-refractivity contribution in [2.75, 3.05) is 51.2 Å². The van der Waals surface area contributed by atoms with E-state index in [1.54, 1.807) is 19.2 Å². The fourth-order valence-electron chi connectivity index (χ4n) is 1.67. The van der Waals surface area contributed by atoms with Crippen molar-refractivity contribution in [1.82, 2.24) is 0 Å². The number of hydrogen-bond donors (Lipinski definition) is 2. The Morgan fingerprint density at radius 2 is 1.81 bits per heavy atom. The van der Waals surface area contributed by atoms with Crippen molar-refractivity contribution in [3.8, 4) is 0 Å². The Balaban J connectivity index is 2.11. The number of carbonyl (C=O) groups is 1. The molecule has 0 spiro atoms. The third kappa shape index (κ3) is 7.65. The van der Waals surface area contributed by atoms with Crippen LogP contribution in [0.1, 0.15) is 12.0 Å². The molecule has 0 aliphatic carbocycles. The molecule has 0 saturated heterocycles. The molecule has 3 N–H and O–H groups in total. The number of aryl methyl sites for hydroxylation is 1. The highest BCUT2D eigenvalue weighted by Gasteiger charge is 2.05. The van der Waals surface area contributed by atoms with E-state index in [2.05, 4.69) is 5.32 Å². The minimum Gasteiger partial charge on any atom is -0.399 e. The summed E-state index contributed by atoms with van der Waals surface area (Å²) in [5.74, 6) is -0.0804. The van der Waals surface area contributed by atoms with Crippen LogP contribution in [0.4, 0.5) is 11.4 Å². The van der Waals surface area contributed by atoms with Crippen molar-refractivity contribution in [1.29, 1.82) is 0 Å². The Kier molecular flexibility index (Phi) is 8.42. The largest absolute Gasteiger partial charge is 0.399 e. The second-order valence-electron chi connectivity index (χ2n) is 4.59. The lowest BCUT2D eigenvalue weighted by atomic mass is 10.2. The van der Waals surface area contributed by atoms with Gasteiger partial charge >= 0.3 is 0 Å². The van der Waals surface area contributed by atoms with Crippen molar-refractivity contribution >= 4 is 17.3 Å². The highest BCUT2D eigenvalue weighted by atomic mass is 16.5. The molecule has 0 radical (unpaired) electrons. The second-order valence-corrected chi connectivity index (χ2v) is 4.59. The van der Waals surface area contributed by atoms with Crippen molar-refractivity contribution < 1.29 is 19.0 Å². The third-order valence-electron chi connectivity index (χ3n) is 2.80. The molecule has 0 aromatic heterocycles. The van der Waals surface area contributed by atoms with Gasteiger partial charge in [-0.2, -0.15) is 0 Å². The number of amides is 1. The van der Waals surface area contributed by atoms with Gasteiger partial charge in [-0.1, -0.05) is 0 Å². The van der Waals surface area contributed by atoms with Crippen molar-refractivity contribution in [3.63, 3.8) is 0 Å². The molecule has 1 aromatic carbocycles. The van der Waals surface area contributed by atoms with Gasteiger partial charge < -0.3 is 25.3 Å². The first-order valence-corrected chi connectivity index (χ1v) is 6.94. The molecule has 0 aliphatic rings. The number of ether oxygens (including phenoxy) is 3. The third-order valence-corrected chi connectivity index (χ3v) is 2.80. The molecule has 0 fully saturated rings. The first-order chi connectivity index (χ1) is 10.1. The first-order valence-electron chi connectivity index (χ1n) is 6.94. The number of nitrogen functional groups attached to an aromatic ring is 1. The number of nitrogens with two attached hydrogens (primary N) is 1.